The Kier molecular flexibility index (Phi) is 6.57. The molecule has 4 rings (SSSR count). The Bertz CT molecular complexity index is 1190. The summed E-state index contributed by atoms with van der Waals surface area (Å²) in [5.74, 6) is 0.770. The number of hydrogen-bond donors (Lipinski definition) is 2. The molecule has 0 aliphatic carbocycles. The summed E-state index contributed by atoms with van der Waals surface area (Å²) >= 11 is 0. The monoisotopic (exact) mass is 426 g/mol. The molecular formula is C25H22N4O3. The summed E-state index contributed by atoms with van der Waals surface area (Å²) in [7, 11) is 0. The molecule has 0 saturated heterocycles. The number of anilines is 2. The highest BCUT2D eigenvalue weighted by Gasteiger charge is 2.12. The minimum Gasteiger partial charge on any atom is -0.455 e. The van der Waals surface area contributed by atoms with Crippen molar-refractivity contribution in [1.29, 1.82) is 0 Å². The van der Waals surface area contributed by atoms with Crippen molar-refractivity contribution in [3.63, 3.8) is 0 Å². The average molecular weight is 426 g/mol. The molecule has 1 aromatic heterocycles. The number of aromatic nitrogens is 2. The first-order valence-electron chi connectivity index (χ1n) is 10.2. The first kappa shape index (κ1) is 20.9. The number of amides is 2. The van der Waals surface area contributed by atoms with Crippen LogP contribution >= 0.6 is 0 Å². The van der Waals surface area contributed by atoms with Gasteiger partial charge in [-0.05, 0) is 42.5 Å². The fourth-order valence-electron chi connectivity index (χ4n) is 3.08. The van der Waals surface area contributed by atoms with Gasteiger partial charge in [0.15, 0.2) is 5.75 Å². The zero-order chi connectivity index (χ0) is 22.2. The van der Waals surface area contributed by atoms with Gasteiger partial charge in [-0.25, -0.2) is 4.98 Å². The lowest BCUT2D eigenvalue weighted by atomic mass is 10.1. The second kappa shape index (κ2) is 10.1. The van der Waals surface area contributed by atoms with Crippen LogP contribution in [0.25, 0.3) is 0 Å². The van der Waals surface area contributed by atoms with Crippen molar-refractivity contribution >= 4 is 23.2 Å². The Morgan fingerprint density at radius 3 is 2.53 bits per heavy atom. The number of nitrogens with zero attached hydrogens (tertiary/aromatic N) is 2. The number of aryl methyl sites for hydroxylation is 1. The molecule has 3 aromatic carbocycles. The largest absolute Gasteiger partial charge is 0.455 e. The molecule has 0 aliphatic rings. The zero-order valence-electron chi connectivity index (χ0n) is 17.3. The second-order valence-corrected chi connectivity index (χ2v) is 7.04. The van der Waals surface area contributed by atoms with Crippen LogP contribution < -0.4 is 15.4 Å². The minimum atomic E-state index is -0.302. The van der Waals surface area contributed by atoms with Gasteiger partial charge in [0.2, 0.25) is 5.91 Å². The van der Waals surface area contributed by atoms with Crippen LogP contribution in [0.1, 0.15) is 16.8 Å². The molecule has 0 aliphatic heterocycles. The number of benzene rings is 3. The molecule has 2 N–H and O–H groups in total. The van der Waals surface area contributed by atoms with Crippen molar-refractivity contribution in [3.8, 4) is 11.5 Å². The van der Waals surface area contributed by atoms with Gasteiger partial charge in [0.1, 0.15) is 5.75 Å². The zero-order valence-corrected chi connectivity index (χ0v) is 17.3. The van der Waals surface area contributed by atoms with Gasteiger partial charge in [-0.2, -0.15) is 0 Å². The van der Waals surface area contributed by atoms with Crippen LogP contribution in [0.5, 0.6) is 11.5 Å². The lowest BCUT2D eigenvalue weighted by Crippen LogP contribution is -2.16. The van der Waals surface area contributed by atoms with E-state index >= 15 is 0 Å². The summed E-state index contributed by atoms with van der Waals surface area (Å²) in [6.07, 6.45) is 5.44. The summed E-state index contributed by atoms with van der Waals surface area (Å²) in [6.45, 7) is 0.532. The van der Waals surface area contributed by atoms with E-state index in [0.29, 0.717) is 41.4 Å². The Balaban J connectivity index is 1.40. The number of hydrogen-bond acceptors (Lipinski definition) is 4. The van der Waals surface area contributed by atoms with E-state index in [9.17, 15) is 9.59 Å². The van der Waals surface area contributed by atoms with Gasteiger partial charge in [0, 0.05) is 36.6 Å². The van der Waals surface area contributed by atoms with Crippen molar-refractivity contribution in [2.45, 2.75) is 13.0 Å². The summed E-state index contributed by atoms with van der Waals surface area (Å²) in [4.78, 5) is 29.0. The summed E-state index contributed by atoms with van der Waals surface area (Å²) < 4.78 is 7.73. The Labute approximate surface area is 185 Å². The first-order valence-corrected chi connectivity index (χ1v) is 10.2. The lowest BCUT2D eigenvalue weighted by molar-refractivity contribution is -0.116. The van der Waals surface area contributed by atoms with Crippen LogP contribution in [0.3, 0.4) is 0 Å². The van der Waals surface area contributed by atoms with Crippen LogP contribution in [-0.2, 0) is 11.3 Å². The Morgan fingerprint density at radius 1 is 0.906 bits per heavy atom. The van der Waals surface area contributed by atoms with E-state index in [1.807, 2.05) is 47.0 Å². The van der Waals surface area contributed by atoms with Gasteiger partial charge in [0.05, 0.1) is 12.0 Å². The molecule has 160 valence electrons. The molecule has 0 fully saturated rings. The number of imidazole rings is 1. The molecule has 2 amide bonds. The summed E-state index contributed by atoms with van der Waals surface area (Å²) in [6, 6.07) is 23.4. The molecular weight excluding hydrogens is 404 g/mol. The highest BCUT2D eigenvalue weighted by molar-refractivity contribution is 6.06. The SMILES string of the molecule is O=C(CCn1ccnc1)Nc1cccc(C(=O)Nc2ccccc2Oc2ccccc2)c1. The normalized spacial score (nSPS) is 10.4. The molecule has 0 saturated carbocycles. The first-order chi connectivity index (χ1) is 15.7. The lowest BCUT2D eigenvalue weighted by Gasteiger charge is -2.13. The number of carbonyl (C=O) groups excluding carboxylic acids is 2. The van der Waals surface area contributed by atoms with Crippen molar-refractivity contribution < 1.29 is 14.3 Å². The molecule has 0 atom stereocenters. The summed E-state index contributed by atoms with van der Waals surface area (Å²) in [5, 5.41) is 5.71. The third-order valence-electron chi connectivity index (χ3n) is 4.67. The maximum Gasteiger partial charge on any atom is 0.255 e. The number of carbonyl (C=O) groups is 2. The van der Waals surface area contributed by atoms with Crippen LogP contribution in [0.4, 0.5) is 11.4 Å². The van der Waals surface area contributed by atoms with Crippen LogP contribution in [0.15, 0.2) is 97.6 Å². The van der Waals surface area contributed by atoms with E-state index in [1.165, 1.54) is 0 Å². The molecule has 1 heterocycles. The third-order valence-corrected chi connectivity index (χ3v) is 4.67. The van der Waals surface area contributed by atoms with Gasteiger partial charge in [-0.1, -0.05) is 36.4 Å². The van der Waals surface area contributed by atoms with Crippen molar-refractivity contribution in [3.05, 3.63) is 103 Å². The molecule has 0 spiro atoms. The topological polar surface area (TPSA) is 85.2 Å². The van der Waals surface area contributed by atoms with E-state index in [0.717, 1.165) is 0 Å². The van der Waals surface area contributed by atoms with E-state index < -0.39 is 0 Å². The van der Waals surface area contributed by atoms with Crippen LogP contribution in [0.2, 0.25) is 0 Å². The average Bonchev–Trinajstić information content (AvgIpc) is 3.34. The molecule has 0 radical (unpaired) electrons. The summed E-state index contributed by atoms with van der Waals surface area (Å²) in [5.41, 5.74) is 1.53. The maximum absolute atomic E-state index is 12.8. The fourth-order valence-corrected chi connectivity index (χ4v) is 3.08. The Hall–Kier alpha value is -4.39. The number of rotatable bonds is 8. The molecule has 0 bridgehead atoms. The van der Waals surface area contributed by atoms with Crippen LogP contribution in [0, 0.1) is 0 Å². The van der Waals surface area contributed by atoms with Gasteiger partial charge >= 0.3 is 0 Å². The minimum absolute atomic E-state index is 0.141. The predicted octanol–water partition coefficient (Wildman–Crippen LogP) is 4.96. The maximum atomic E-state index is 12.8. The Morgan fingerprint density at radius 2 is 1.72 bits per heavy atom. The standard InChI is InChI=1S/C25H22N4O3/c30-24(13-15-29-16-14-26-18-29)27-20-8-6-7-19(17-20)25(31)28-22-11-4-5-12-23(22)32-21-9-2-1-3-10-21/h1-12,14,16-18H,13,15H2,(H,27,30)(H,28,31). The van der Waals surface area contributed by atoms with Gasteiger partial charge in [0.25, 0.3) is 5.91 Å². The fraction of sp³-hybridized carbons (Fsp3) is 0.0800. The molecule has 7 heteroatoms. The van der Waals surface area contributed by atoms with Crippen LogP contribution in [-0.4, -0.2) is 21.4 Å². The van der Waals surface area contributed by atoms with E-state index in [1.54, 1.807) is 55.1 Å². The smallest absolute Gasteiger partial charge is 0.255 e. The molecule has 0 unspecified atom stereocenters. The van der Waals surface area contributed by atoms with E-state index in [2.05, 4.69) is 15.6 Å². The van der Waals surface area contributed by atoms with Gasteiger partial charge < -0.3 is 19.9 Å². The highest BCUT2D eigenvalue weighted by Crippen LogP contribution is 2.29. The van der Waals surface area contributed by atoms with Gasteiger partial charge in [-0.15, -0.1) is 0 Å². The molecule has 4 aromatic rings. The van der Waals surface area contributed by atoms with Crippen molar-refractivity contribution in [2.24, 2.45) is 0 Å². The van der Waals surface area contributed by atoms with E-state index in [4.69, 9.17) is 4.74 Å². The highest BCUT2D eigenvalue weighted by atomic mass is 16.5. The second-order valence-electron chi connectivity index (χ2n) is 7.04. The number of para-hydroxylation sites is 3. The predicted molar refractivity (Wildman–Crippen MR) is 123 cm³/mol. The number of nitrogens with one attached hydrogen (secondary N) is 2. The van der Waals surface area contributed by atoms with E-state index in [-0.39, 0.29) is 11.8 Å². The molecule has 7 nitrogen and oxygen atoms in total. The van der Waals surface area contributed by atoms with Crippen molar-refractivity contribution in [1.82, 2.24) is 9.55 Å². The number of ether oxygens (including phenoxy) is 1. The van der Waals surface area contributed by atoms with Crippen molar-refractivity contribution in [2.75, 3.05) is 10.6 Å². The molecule has 32 heavy (non-hydrogen) atoms. The third kappa shape index (κ3) is 5.60. The quantitative estimate of drug-likeness (QED) is 0.417. The van der Waals surface area contributed by atoms with Gasteiger partial charge in [-0.3, -0.25) is 9.59 Å².